The van der Waals surface area contributed by atoms with E-state index in [0.717, 1.165) is 18.7 Å². The molecular formula is C23H25Cl2N3O4. The van der Waals surface area contributed by atoms with Gasteiger partial charge in [0, 0.05) is 28.4 Å². The first-order valence-corrected chi connectivity index (χ1v) is 11.4. The second kappa shape index (κ2) is 9.98. The third kappa shape index (κ3) is 5.28. The lowest BCUT2D eigenvalue weighted by molar-refractivity contribution is 0.0999. The second-order valence-electron chi connectivity index (χ2n) is 8.05. The number of benzene rings is 2. The van der Waals surface area contributed by atoms with E-state index in [0.29, 0.717) is 40.1 Å². The van der Waals surface area contributed by atoms with Gasteiger partial charge in [0.2, 0.25) is 5.91 Å². The summed E-state index contributed by atoms with van der Waals surface area (Å²) in [5.74, 6) is 0.0500. The van der Waals surface area contributed by atoms with Gasteiger partial charge in [-0.2, -0.15) is 0 Å². The van der Waals surface area contributed by atoms with Gasteiger partial charge in [0.1, 0.15) is 12.4 Å². The van der Waals surface area contributed by atoms with Gasteiger partial charge in [-0.3, -0.25) is 14.6 Å². The zero-order valence-corrected chi connectivity index (χ0v) is 19.1. The van der Waals surface area contributed by atoms with E-state index in [4.69, 9.17) is 38.4 Å². The standard InChI is InChI=1S/C23H25Cl2N3O4/c24-17-10-16(12-27-8-2-1-3-9-27)21(20(25)11-17)31-14-19-13-28(23(30)32-19)18-6-4-15(5-7-18)22(26)29/h4-7,10-11,19H,1-3,8-9,12-14H2,(H2,26,29). The molecule has 2 aliphatic heterocycles. The minimum absolute atomic E-state index is 0.163. The number of carbonyl (C=O) groups excluding carboxylic acids is 2. The van der Waals surface area contributed by atoms with Crippen LogP contribution in [0.5, 0.6) is 5.75 Å². The maximum Gasteiger partial charge on any atom is 0.414 e. The average Bonchev–Trinajstić information content (AvgIpc) is 3.14. The van der Waals surface area contributed by atoms with Gasteiger partial charge in [-0.15, -0.1) is 0 Å². The zero-order chi connectivity index (χ0) is 22.7. The molecule has 2 aromatic carbocycles. The molecule has 0 radical (unpaired) electrons. The Morgan fingerprint density at radius 3 is 2.53 bits per heavy atom. The predicted octanol–water partition coefficient (Wildman–Crippen LogP) is 4.48. The molecule has 170 valence electrons. The molecule has 0 saturated carbocycles. The van der Waals surface area contributed by atoms with Gasteiger partial charge in [0.05, 0.1) is 11.6 Å². The Kier molecular flexibility index (Phi) is 7.08. The third-order valence-corrected chi connectivity index (χ3v) is 6.18. The molecule has 0 bridgehead atoms. The number of likely N-dealkylation sites (tertiary alicyclic amines) is 1. The minimum Gasteiger partial charge on any atom is -0.488 e. The molecule has 1 unspecified atom stereocenters. The number of primary amides is 1. The Morgan fingerprint density at radius 1 is 1.12 bits per heavy atom. The second-order valence-corrected chi connectivity index (χ2v) is 8.89. The summed E-state index contributed by atoms with van der Waals surface area (Å²) in [7, 11) is 0. The van der Waals surface area contributed by atoms with Gasteiger partial charge in [0.25, 0.3) is 0 Å². The highest BCUT2D eigenvalue weighted by atomic mass is 35.5. The molecule has 7 nitrogen and oxygen atoms in total. The molecule has 2 aromatic rings. The molecule has 0 spiro atoms. The highest BCUT2D eigenvalue weighted by Gasteiger charge is 2.33. The van der Waals surface area contributed by atoms with E-state index in [1.54, 1.807) is 30.3 Å². The van der Waals surface area contributed by atoms with E-state index in [9.17, 15) is 9.59 Å². The maximum absolute atomic E-state index is 12.4. The third-order valence-electron chi connectivity index (χ3n) is 5.68. The summed E-state index contributed by atoms with van der Waals surface area (Å²) in [5, 5.41) is 1.000. The van der Waals surface area contributed by atoms with Gasteiger partial charge >= 0.3 is 6.09 Å². The molecule has 2 heterocycles. The summed E-state index contributed by atoms with van der Waals surface area (Å²) in [4.78, 5) is 27.5. The fourth-order valence-corrected chi connectivity index (χ4v) is 4.64. The molecule has 0 aliphatic carbocycles. The Balaban J connectivity index is 1.42. The maximum atomic E-state index is 12.4. The van der Waals surface area contributed by atoms with Crippen molar-refractivity contribution >= 4 is 40.9 Å². The largest absolute Gasteiger partial charge is 0.488 e. The van der Waals surface area contributed by atoms with Crippen molar-refractivity contribution in [3.05, 3.63) is 57.6 Å². The SMILES string of the molecule is NC(=O)c1ccc(N2CC(COc3c(Cl)cc(Cl)cc3CN3CCCCC3)OC2=O)cc1. The van der Waals surface area contributed by atoms with Crippen LogP contribution in [0.25, 0.3) is 0 Å². The number of hydrogen-bond donors (Lipinski definition) is 1. The number of hydrogen-bond acceptors (Lipinski definition) is 5. The number of ether oxygens (including phenoxy) is 2. The van der Waals surface area contributed by atoms with E-state index >= 15 is 0 Å². The number of nitrogens with two attached hydrogens (primary N) is 1. The molecule has 2 N–H and O–H groups in total. The van der Waals surface area contributed by atoms with E-state index in [2.05, 4.69) is 4.90 Å². The highest BCUT2D eigenvalue weighted by molar-refractivity contribution is 6.35. The Morgan fingerprint density at radius 2 is 1.84 bits per heavy atom. The zero-order valence-electron chi connectivity index (χ0n) is 17.6. The van der Waals surface area contributed by atoms with Crippen LogP contribution in [0.15, 0.2) is 36.4 Å². The van der Waals surface area contributed by atoms with Crippen LogP contribution < -0.4 is 15.4 Å². The average molecular weight is 478 g/mol. The molecule has 2 amide bonds. The summed E-state index contributed by atoms with van der Waals surface area (Å²) in [5.41, 5.74) is 7.19. The quantitative estimate of drug-likeness (QED) is 0.634. The lowest BCUT2D eigenvalue weighted by atomic mass is 10.1. The van der Waals surface area contributed by atoms with Crippen molar-refractivity contribution in [1.82, 2.24) is 4.90 Å². The van der Waals surface area contributed by atoms with Crippen LogP contribution in [0.3, 0.4) is 0 Å². The fraction of sp³-hybridized carbons (Fsp3) is 0.391. The van der Waals surface area contributed by atoms with Crippen molar-refractivity contribution in [3.8, 4) is 5.75 Å². The molecule has 1 atom stereocenters. The van der Waals surface area contributed by atoms with E-state index < -0.39 is 18.1 Å². The van der Waals surface area contributed by atoms with Gasteiger partial charge < -0.3 is 15.2 Å². The molecule has 32 heavy (non-hydrogen) atoms. The van der Waals surface area contributed by atoms with E-state index in [-0.39, 0.29) is 6.61 Å². The van der Waals surface area contributed by atoms with Crippen LogP contribution in [-0.2, 0) is 11.3 Å². The molecule has 4 rings (SSSR count). The first-order chi connectivity index (χ1) is 15.4. The van der Waals surface area contributed by atoms with Gasteiger partial charge in [-0.25, -0.2) is 4.79 Å². The summed E-state index contributed by atoms with van der Waals surface area (Å²) < 4.78 is 11.5. The van der Waals surface area contributed by atoms with E-state index in [1.165, 1.54) is 24.2 Å². The molecule has 0 aromatic heterocycles. The van der Waals surface area contributed by atoms with Crippen LogP contribution in [-0.4, -0.2) is 49.2 Å². The summed E-state index contributed by atoms with van der Waals surface area (Å²) in [6.07, 6.45) is 2.68. The number of nitrogens with zero attached hydrogens (tertiary/aromatic N) is 2. The number of cyclic esters (lactones) is 1. The normalized spacial score (nSPS) is 19.1. The molecule has 9 heteroatoms. The van der Waals surface area contributed by atoms with Crippen molar-refractivity contribution in [2.45, 2.75) is 31.9 Å². The van der Waals surface area contributed by atoms with Crippen molar-refractivity contribution in [2.75, 3.05) is 31.1 Å². The van der Waals surface area contributed by atoms with Crippen molar-refractivity contribution in [2.24, 2.45) is 5.73 Å². The van der Waals surface area contributed by atoms with Crippen molar-refractivity contribution in [3.63, 3.8) is 0 Å². The summed E-state index contributed by atoms with van der Waals surface area (Å²) in [6, 6.07) is 10.0. The Labute approximate surface area is 197 Å². The van der Waals surface area contributed by atoms with E-state index in [1.807, 2.05) is 6.07 Å². The molecule has 2 aliphatic rings. The molecule has 2 fully saturated rings. The topological polar surface area (TPSA) is 85.1 Å². The summed E-state index contributed by atoms with van der Waals surface area (Å²) >= 11 is 12.7. The highest BCUT2D eigenvalue weighted by Crippen LogP contribution is 2.34. The smallest absolute Gasteiger partial charge is 0.414 e. The molecular weight excluding hydrogens is 453 g/mol. The number of rotatable bonds is 7. The van der Waals surface area contributed by atoms with Gasteiger partial charge in [-0.05, 0) is 62.3 Å². The van der Waals surface area contributed by atoms with Gasteiger partial charge in [-0.1, -0.05) is 29.6 Å². The predicted molar refractivity (Wildman–Crippen MR) is 124 cm³/mol. The van der Waals surface area contributed by atoms with Crippen molar-refractivity contribution < 1.29 is 19.1 Å². The lowest BCUT2D eigenvalue weighted by Crippen LogP contribution is -2.29. The fourth-order valence-electron chi connectivity index (χ4n) is 4.05. The van der Waals surface area contributed by atoms with Gasteiger partial charge in [0.15, 0.2) is 6.10 Å². The van der Waals surface area contributed by atoms with Crippen LogP contribution in [0.1, 0.15) is 35.2 Å². The van der Waals surface area contributed by atoms with Crippen molar-refractivity contribution in [1.29, 1.82) is 0 Å². The summed E-state index contributed by atoms with van der Waals surface area (Å²) in [6.45, 7) is 3.26. The van der Waals surface area contributed by atoms with Crippen LogP contribution >= 0.6 is 23.2 Å². The van der Waals surface area contributed by atoms with Crippen LogP contribution in [0.4, 0.5) is 10.5 Å². The van der Waals surface area contributed by atoms with Crippen LogP contribution in [0, 0.1) is 0 Å². The first kappa shape index (κ1) is 22.7. The number of piperidine rings is 1. The number of carbonyl (C=O) groups is 2. The van der Waals surface area contributed by atoms with Crippen LogP contribution in [0.2, 0.25) is 10.0 Å². The monoisotopic (exact) mass is 477 g/mol. The molecule has 2 saturated heterocycles. The minimum atomic E-state index is -0.521. The number of amides is 2. The Hall–Kier alpha value is -2.48. The number of anilines is 1. The number of halogens is 2. The Bertz CT molecular complexity index is 993. The first-order valence-electron chi connectivity index (χ1n) is 10.6. The lowest BCUT2D eigenvalue weighted by Gasteiger charge is -2.27.